The van der Waals surface area contributed by atoms with Crippen LogP contribution in [0, 0.1) is 11.8 Å². The number of nitrogens with zero attached hydrogens (tertiary/aromatic N) is 3. The van der Waals surface area contributed by atoms with Crippen molar-refractivity contribution in [1.29, 1.82) is 0 Å². The van der Waals surface area contributed by atoms with Gasteiger partial charge in [0.1, 0.15) is 5.82 Å². The van der Waals surface area contributed by atoms with Crippen LogP contribution >= 0.6 is 0 Å². The minimum absolute atomic E-state index is 0.0116. The van der Waals surface area contributed by atoms with E-state index in [-0.39, 0.29) is 23.8 Å². The number of nitrogens with one attached hydrogen (secondary N) is 1. The highest BCUT2D eigenvalue weighted by atomic mass is 16.2. The SMILES string of the molecule is C[C@@H]1C[C@H]1C(=O)N1CCn2cc(CC(=O)NC3CCC3)nc2[C@@H]1C. The molecule has 1 N–H and O–H groups in total. The predicted molar refractivity (Wildman–Crippen MR) is 89.1 cm³/mol. The van der Waals surface area contributed by atoms with Gasteiger partial charge in [-0.1, -0.05) is 6.92 Å². The van der Waals surface area contributed by atoms with E-state index in [1.54, 1.807) is 0 Å². The van der Waals surface area contributed by atoms with Crippen molar-refractivity contribution in [3.8, 4) is 0 Å². The lowest BCUT2D eigenvalue weighted by Crippen LogP contribution is -2.42. The molecule has 4 rings (SSSR count). The number of imidazole rings is 1. The van der Waals surface area contributed by atoms with E-state index in [0.717, 1.165) is 43.9 Å². The van der Waals surface area contributed by atoms with Crippen molar-refractivity contribution in [1.82, 2.24) is 19.8 Å². The molecule has 3 atom stereocenters. The lowest BCUT2D eigenvalue weighted by molar-refractivity contribution is -0.136. The van der Waals surface area contributed by atoms with E-state index in [9.17, 15) is 9.59 Å². The third-order valence-corrected chi connectivity index (χ3v) is 5.80. The molecule has 1 aliphatic heterocycles. The van der Waals surface area contributed by atoms with Crippen LogP contribution in [-0.2, 0) is 22.6 Å². The second-order valence-electron chi connectivity index (χ2n) is 7.68. The van der Waals surface area contributed by atoms with Crippen molar-refractivity contribution in [3.63, 3.8) is 0 Å². The number of carbonyl (C=O) groups excluding carboxylic acids is 2. The smallest absolute Gasteiger partial charge is 0.226 e. The van der Waals surface area contributed by atoms with E-state index < -0.39 is 0 Å². The van der Waals surface area contributed by atoms with E-state index in [1.165, 1.54) is 6.42 Å². The summed E-state index contributed by atoms with van der Waals surface area (Å²) in [5.74, 6) is 1.98. The summed E-state index contributed by atoms with van der Waals surface area (Å²) in [6.45, 7) is 5.68. The average molecular weight is 330 g/mol. The highest BCUT2D eigenvalue weighted by Crippen LogP contribution is 2.41. The number of amides is 2. The van der Waals surface area contributed by atoms with Gasteiger partial charge < -0.3 is 14.8 Å². The molecule has 1 aromatic heterocycles. The zero-order chi connectivity index (χ0) is 16.8. The van der Waals surface area contributed by atoms with Crippen LogP contribution in [0.15, 0.2) is 6.20 Å². The summed E-state index contributed by atoms with van der Waals surface area (Å²) in [5, 5.41) is 3.06. The lowest BCUT2D eigenvalue weighted by Gasteiger charge is -2.34. The van der Waals surface area contributed by atoms with Gasteiger partial charge in [-0.25, -0.2) is 4.98 Å². The molecule has 0 bridgehead atoms. The van der Waals surface area contributed by atoms with Crippen LogP contribution in [0.5, 0.6) is 0 Å². The molecule has 0 saturated heterocycles. The van der Waals surface area contributed by atoms with Crippen LogP contribution < -0.4 is 5.32 Å². The fourth-order valence-electron chi connectivity index (χ4n) is 3.81. The summed E-state index contributed by atoms with van der Waals surface area (Å²) in [6.07, 6.45) is 6.73. The van der Waals surface area contributed by atoms with Crippen molar-refractivity contribution in [2.24, 2.45) is 11.8 Å². The average Bonchev–Trinajstić information content (AvgIpc) is 3.08. The van der Waals surface area contributed by atoms with Gasteiger partial charge in [-0.2, -0.15) is 0 Å². The third-order valence-electron chi connectivity index (χ3n) is 5.80. The monoisotopic (exact) mass is 330 g/mol. The first-order valence-electron chi connectivity index (χ1n) is 9.18. The summed E-state index contributed by atoms with van der Waals surface area (Å²) in [6, 6.07) is 0.352. The van der Waals surface area contributed by atoms with Crippen molar-refractivity contribution in [2.45, 2.75) is 64.6 Å². The Morgan fingerprint density at radius 3 is 2.67 bits per heavy atom. The number of hydrogen-bond donors (Lipinski definition) is 1. The first-order chi connectivity index (χ1) is 11.5. The Hall–Kier alpha value is -1.85. The van der Waals surface area contributed by atoms with Gasteiger partial charge in [0.05, 0.1) is 18.2 Å². The second-order valence-corrected chi connectivity index (χ2v) is 7.68. The molecule has 0 unspecified atom stereocenters. The molecule has 0 aromatic carbocycles. The Morgan fingerprint density at radius 1 is 1.29 bits per heavy atom. The fourth-order valence-corrected chi connectivity index (χ4v) is 3.81. The number of rotatable bonds is 4. The Balaban J connectivity index is 1.42. The van der Waals surface area contributed by atoms with E-state index >= 15 is 0 Å². The van der Waals surface area contributed by atoms with Gasteiger partial charge in [0.15, 0.2) is 0 Å². The minimum atomic E-state index is -0.0116. The zero-order valence-corrected chi connectivity index (χ0v) is 14.5. The van der Waals surface area contributed by atoms with Gasteiger partial charge in [-0.15, -0.1) is 0 Å². The van der Waals surface area contributed by atoms with Crippen molar-refractivity contribution in [3.05, 3.63) is 17.7 Å². The van der Waals surface area contributed by atoms with Gasteiger partial charge in [0.2, 0.25) is 11.8 Å². The van der Waals surface area contributed by atoms with E-state index in [2.05, 4.69) is 21.8 Å². The number of hydrogen-bond acceptors (Lipinski definition) is 3. The molecule has 2 saturated carbocycles. The Bertz CT molecular complexity index is 664. The van der Waals surface area contributed by atoms with E-state index in [0.29, 0.717) is 18.4 Å². The number of aromatic nitrogens is 2. The van der Waals surface area contributed by atoms with E-state index in [4.69, 9.17) is 0 Å². The molecule has 6 heteroatoms. The van der Waals surface area contributed by atoms with E-state index in [1.807, 2.05) is 18.0 Å². The molecule has 130 valence electrons. The van der Waals surface area contributed by atoms with Gasteiger partial charge in [-0.05, 0) is 38.5 Å². The molecule has 2 heterocycles. The number of fused-ring (bicyclic) bond motifs is 1. The molecule has 2 amide bonds. The molecule has 24 heavy (non-hydrogen) atoms. The summed E-state index contributed by atoms with van der Waals surface area (Å²) in [7, 11) is 0. The molecular formula is C18H26N4O2. The van der Waals surface area contributed by atoms with Gasteiger partial charge in [0.25, 0.3) is 0 Å². The molecule has 2 fully saturated rings. The minimum Gasteiger partial charge on any atom is -0.353 e. The third kappa shape index (κ3) is 2.82. The van der Waals surface area contributed by atoms with Crippen LogP contribution in [0.2, 0.25) is 0 Å². The fraction of sp³-hybridized carbons (Fsp3) is 0.722. The van der Waals surface area contributed by atoms with Crippen LogP contribution in [0.4, 0.5) is 0 Å². The van der Waals surface area contributed by atoms with Crippen LogP contribution in [0.25, 0.3) is 0 Å². The lowest BCUT2D eigenvalue weighted by atomic mass is 9.93. The highest BCUT2D eigenvalue weighted by Gasteiger charge is 2.44. The maximum atomic E-state index is 12.6. The topological polar surface area (TPSA) is 67.2 Å². The summed E-state index contributed by atoms with van der Waals surface area (Å²) >= 11 is 0. The molecule has 3 aliphatic rings. The van der Waals surface area contributed by atoms with Crippen LogP contribution in [0.1, 0.15) is 57.1 Å². The maximum absolute atomic E-state index is 12.6. The summed E-state index contributed by atoms with van der Waals surface area (Å²) < 4.78 is 2.11. The molecule has 0 spiro atoms. The normalized spacial score (nSPS) is 28.9. The summed E-state index contributed by atoms with van der Waals surface area (Å²) in [4.78, 5) is 31.3. The standard InChI is InChI=1S/C18H26N4O2/c1-11-8-15(11)18(24)22-7-6-21-10-14(20-17(21)12(22)2)9-16(23)19-13-4-3-5-13/h10-13,15H,3-9H2,1-2H3,(H,19,23)/t11-,12+,15-/m1/s1. The molecule has 1 aromatic rings. The second kappa shape index (κ2) is 5.90. The van der Waals surface area contributed by atoms with Crippen molar-refractivity contribution >= 4 is 11.8 Å². The van der Waals surface area contributed by atoms with Gasteiger partial charge in [-0.3, -0.25) is 9.59 Å². The van der Waals surface area contributed by atoms with Gasteiger partial charge in [0, 0.05) is 31.2 Å². The maximum Gasteiger partial charge on any atom is 0.226 e. The first kappa shape index (κ1) is 15.7. The predicted octanol–water partition coefficient (Wildman–Crippen LogP) is 1.65. The summed E-state index contributed by atoms with van der Waals surface area (Å²) in [5.41, 5.74) is 0.808. The Morgan fingerprint density at radius 2 is 2.04 bits per heavy atom. The van der Waals surface area contributed by atoms with Crippen LogP contribution in [-0.4, -0.2) is 38.9 Å². The zero-order valence-electron chi connectivity index (χ0n) is 14.5. The van der Waals surface area contributed by atoms with Crippen molar-refractivity contribution < 1.29 is 9.59 Å². The molecule has 2 aliphatic carbocycles. The Labute approximate surface area is 142 Å². The number of carbonyl (C=O) groups is 2. The largest absolute Gasteiger partial charge is 0.353 e. The first-order valence-corrected chi connectivity index (χ1v) is 9.18. The van der Waals surface area contributed by atoms with Crippen molar-refractivity contribution in [2.75, 3.05) is 6.54 Å². The highest BCUT2D eigenvalue weighted by molar-refractivity contribution is 5.82. The van der Waals surface area contributed by atoms with Gasteiger partial charge >= 0.3 is 0 Å². The molecule has 0 radical (unpaired) electrons. The van der Waals surface area contributed by atoms with Crippen LogP contribution in [0.3, 0.4) is 0 Å². The quantitative estimate of drug-likeness (QED) is 0.913. The molecule has 6 nitrogen and oxygen atoms in total. The Kier molecular flexibility index (Phi) is 3.85. The molecular weight excluding hydrogens is 304 g/mol.